The predicted octanol–water partition coefficient (Wildman–Crippen LogP) is 4.46. The lowest BCUT2D eigenvalue weighted by Crippen LogP contribution is -2.29. The van der Waals surface area contributed by atoms with E-state index in [1.807, 2.05) is 12.1 Å². The second kappa shape index (κ2) is 8.34. The van der Waals surface area contributed by atoms with Gasteiger partial charge in [0, 0.05) is 37.9 Å². The Kier molecular flexibility index (Phi) is 5.35. The van der Waals surface area contributed by atoms with Gasteiger partial charge in [0.15, 0.2) is 0 Å². The van der Waals surface area contributed by atoms with Crippen molar-refractivity contribution in [3.05, 3.63) is 71.3 Å². The van der Waals surface area contributed by atoms with Crippen molar-refractivity contribution >= 4 is 17.5 Å². The summed E-state index contributed by atoms with van der Waals surface area (Å²) < 4.78 is 42.2. The summed E-state index contributed by atoms with van der Waals surface area (Å²) in [5, 5.41) is 3.00. The molecular weight excluding hydrogens is 435 g/mol. The number of alkyl halides is 3. The number of halogens is 3. The molecule has 1 aliphatic heterocycles. The first-order valence-electron chi connectivity index (χ1n) is 10.6. The molecular formula is C23H20F3N5O2. The number of hydrogen-bond donors (Lipinski definition) is 1. The molecule has 0 spiro atoms. The zero-order valence-electron chi connectivity index (χ0n) is 17.5. The number of aromatic nitrogens is 3. The number of fused-ring (bicyclic) bond motifs is 1. The van der Waals surface area contributed by atoms with Crippen LogP contribution in [-0.2, 0) is 13.0 Å². The van der Waals surface area contributed by atoms with Crippen LogP contribution in [0, 0.1) is 0 Å². The van der Waals surface area contributed by atoms with Crippen LogP contribution < -0.4 is 15.0 Å². The first-order chi connectivity index (χ1) is 15.9. The van der Waals surface area contributed by atoms with Crippen LogP contribution >= 0.6 is 0 Å². The van der Waals surface area contributed by atoms with Crippen molar-refractivity contribution in [2.75, 3.05) is 16.8 Å². The summed E-state index contributed by atoms with van der Waals surface area (Å²) in [7, 11) is 0. The van der Waals surface area contributed by atoms with Crippen molar-refractivity contribution in [3.63, 3.8) is 0 Å². The van der Waals surface area contributed by atoms with Crippen molar-refractivity contribution in [2.45, 2.75) is 38.1 Å². The molecule has 0 saturated heterocycles. The molecule has 10 heteroatoms. The number of amides is 1. The van der Waals surface area contributed by atoms with E-state index in [-0.39, 0.29) is 30.1 Å². The second-order valence-corrected chi connectivity index (χ2v) is 8.09. The summed E-state index contributed by atoms with van der Waals surface area (Å²) >= 11 is 0. The Morgan fingerprint density at radius 2 is 1.94 bits per heavy atom. The van der Waals surface area contributed by atoms with E-state index in [1.54, 1.807) is 17.3 Å². The van der Waals surface area contributed by atoms with Crippen molar-refractivity contribution in [1.82, 2.24) is 15.0 Å². The number of nitrogens with one attached hydrogen (secondary N) is 1. The third-order valence-electron chi connectivity index (χ3n) is 5.64. The lowest BCUT2D eigenvalue weighted by Gasteiger charge is -2.17. The molecule has 1 aliphatic carbocycles. The van der Waals surface area contributed by atoms with E-state index in [0.29, 0.717) is 17.7 Å². The van der Waals surface area contributed by atoms with Gasteiger partial charge in [-0.05, 0) is 60.1 Å². The Balaban J connectivity index is 1.26. The Morgan fingerprint density at radius 1 is 1.15 bits per heavy atom. The minimum Gasteiger partial charge on any atom is -0.406 e. The topological polar surface area (TPSA) is 80.2 Å². The van der Waals surface area contributed by atoms with Crippen LogP contribution in [0.15, 0.2) is 49.1 Å². The van der Waals surface area contributed by atoms with Gasteiger partial charge in [-0.25, -0.2) is 9.97 Å². The molecule has 2 aliphatic rings. The number of carbonyl (C=O) groups is 1. The molecule has 1 N–H and O–H groups in total. The molecule has 170 valence electrons. The molecule has 1 fully saturated rings. The van der Waals surface area contributed by atoms with E-state index in [1.165, 1.54) is 24.5 Å². The fraction of sp³-hybridized carbons (Fsp3) is 0.304. The zero-order chi connectivity index (χ0) is 23.0. The summed E-state index contributed by atoms with van der Waals surface area (Å²) in [6.07, 6.45) is 4.20. The summed E-state index contributed by atoms with van der Waals surface area (Å²) in [5.41, 5.74) is 3.67. The summed E-state index contributed by atoms with van der Waals surface area (Å²) in [5.74, 6) is 0.116. The van der Waals surface area contributed by atoms with E-state index in [9.17, 15) is 18.0 Å². The van der Waals surface area contributed by atoms with E-state index in [2.05, 4.69) is 25.0 Å². The minimum atomic E-state index is -4.75. The van der Waals surface area contributed by atoms with Gasteiger partial charge in [0.05, 0.1) is 11.3 Å². The van der Waals surface area contributed by atoms with Crippen LogP contribution in [0.5, 0.6) is 5.75 Å². The molecule has 0 unspecified atom stereocenters. The van der Waals surface area contributed by atoms with Gasteiger partial charge in [0.25, 0.3) is 5.91 Å². The monoisotopic (exact) mass is 455 g/mol. The maximum Gasteiger partial charge on any atom is 0.573 e. The highest BCUT2D eigenvalue weighted by Gasteiger charge is 2.32. The maximum atomic E-state index is 12.9. The van der Waals surface area contributed by atoms with Gasteiger partial charge in [0.1, 0.15) is 5.75 Å². The lowest BCUT2D eigenvalue weighted by molar-refractivity contribution is -0.274. The van der Waals surface area contributed by atoms with Crippen LogP contribution in [0.4, 0.5) is 24.8 Å². The molecule has 1 saturated carbocycles. The predicted molar refractivity (Wildman–Crippen MR) is 114 cm³/mol. The Hall–Kier alpha value is -3.69. The van der Waals surface area contributed by atoms with E-state index in [0.717, 1.165) is 36.1 Å². The van der Waals surface area contributed by atoms with E-state index >= 15 is 0 Å². The van der Waals surface area contributed by atoms with Gasteiger partial charge in [0.2, 0.25) is 5.95 Å². The van der Waals surface area contributed by atoms with Gasteiger partial charge >= 0.3 is 6.36 Å². The first-order valence-corrected chi connectivity index (χ1v) is 10.6. The van der Waals surface area contributed by atoms with Crippen LogP contribution in [0.1, 0.15) is 45.8 Å². The summed E-state index contributed by atoms with van der Waals surface area (Å²) in [4.78, 5) is 27.0. The molecule has 3 aromatic rings. The van der Waals surface area contributed by atoms with Crippen molar-refractivity contribution in [2.24, 2.45) is 0 Å². The lowest BCUT2D eigenvalue weighted by atomic mass is 10.1. The number of ether oxygens (including phenoxy) is 1. The van der Waals surface area contributed by atoms with Crippen molar-refractivity contribution in [3.8, 4) is 5.75 Å². The molecule has 0 radical (unpaired) electrons. The van der Waals surface area contributed by atoms with E-state index < -0.39 is 6.36 Å². The number of hydrogen-bond acceptors (Lipinski definition) is 6. The van der Waals surface area contributed by atoms with Crippen molar-refractivity contribution in [1.29, 1.82) is 0 Å². The summed E-state index contributed by atoms with van der Waals surface area (Å²) in [6.45, 7) is 0.786. The highest BCUT2D eigenvalue weighted by Crippen LogP contribution is 2.42. The third kappa shape index (κ3) is 4.89. The second-order valence-electron chi connectivity index (χ2n) is 8.09. The van der Waals surface area contributed by atoms with Gasteiger partial charge in [-0.15, -0.1) is 13.2 Å². The fourth-order valence-corrected chi connectivity index (χ4v) is 3.94. The molecule has 3 heterocycles. The average Bonchev–Trinajstić information content (AvgIpc) is 3.55. The maximum absolute atomic E-state index is 12.9. The van der Waals surface area contributed by atoms with Gasteiger partial charge < -0.3 is 15.0 Å². The quantitative estimate of drug-likeness (QED) is 0.591. The smallest absolute Gasteiger partial charge is 0.406 e. The van der Waals surface area contributed by atoms with Crippen LogP contribution in [0.25, 0.3) is 0 Å². The molecule has 7 nitrogen and oxygen atoms in total. The molecule has 2 aromatic heterocycles. The molecule has 5 rings (SSSR count). The number of pyridine rings is 1. The largest absolute Gasteiger partial charge is 0.573 e. The van der Waals surface area contributed by atoms with Crippen molar-refractivity contribution < 1.29 is 22.7 Å². The van der Waals surface area contributed by atoms with E-state index in [4.69, 9.17) is 0 Å². The van der Waals surface area contributed by atoms with Crippen LogP contribution in [0.3, 0.4) is 0 Å². The molecule has 33 heavy (non-hydrogen) atoms. The number of anilines is 2. The van der Waals surface area contributed by atoms with Crippen LogP contribution in [-0.4, -0.2) is 33.8 Å². The highest BCUT2D eigenvalue weighted by atomic mass is 19.4. The highest BCUT2D eigenvalue weighted by molar-refractivity contribution is 6.06. The number of nitrogens with zero attached hydrogens (tertiary/aromatic N) is 4. The van der Waals surface area contributed by atoms with Gasteiger partial charge in [-0.3, -0.25) is 9.78 Å². The van der Waals surface area contributed by atoms with Gasteiger partial charge in [-0.2, -0.15) is 0 Å². The first kappa shape index (κ1) is 21.2. The zero-order valence-corrected chi connectivity index (χ0v) is 17.5. The summed E-state index contributed by atoms with van der Waals surface area (Å²) in [6, 6.07) is 6.47. The molecule has 1 amide bonds. The fourth-order valence-electron chi connectivity index (χ4n) is 3.94. The molecule has 0 atom stereocenters. The van der Waals surface area contributed by atoms with Crippen LogP contribution in [0.2, 0.25) is 0 Å². The normalized spacial score (nSPS) is 15.3. The average molecular weight is 455 g/mol. The van der Waals surface area contributed by atoms with Gasteiger partial charge in [-0.1, -0.05) is 6.07 Å². The number of benzene rings is 1. The molecule has 0 bridgehead atoms. The minimum absolute atomic E-state index is 0.197. The Morgan fingerprint density at radius 3 is 2.67 bits per heavy atom. The molecule has 1 aromatic carbocycles. The third-order valence-corrected chi connectivity index (χ3v) is 5.64. The SMILES string of the molecule is O=C(c1cnc(NCc2cc(OC(F)(F)F)cc(C3CC3)c2)nc1)N1CCc2cnccc21. The number of carbonyl (C=O) groups excluding carboxylic acids is 1. The number of rotatable bonds is 6. The standard InChI is InChI=1S/C23H20F3N5O2/c24-23(25,26)33-19-8-14(7-17(9-19)15-1-2-15)10-28-22-29-12-18(13-30-22)21(32)31-6-4-16-11-27-5-3-20(16)31/h3,5,7-9,11-13,15H,1-2,4,6,10H2,(H,28,29,30). The Bertz CT molecular complexity index is 1180. The Labute approximate surface area is 187 Å².